The summed E-state index contributed by atoms with van der Waals surface area (Å²) >= 11 is 0. The van der Waals surface area contributed by atoms with Crippen LogP contribution in [-0.4, -0.2) is 37.8 Å². The molecule has 2 heterocycles. The third-order valence-corrected chi connectivity index (χ3v) is 3.80. The predicted molar refractivity (Wildman–Crippen MR) is 69.6 cm³/mol. The number of hydrogen-bond donors (Lipinski definition) is 2. The first kappa shape index (κ1) is 11.7. The number of fused-ring (bicyclic) bond motifs is 1. The van der Waals surface area contributed by atoms with Gasteiger partial charge in [0.2, 0.25) is 0 Å². The zero-order chi connectivity index (χ0) is 12.4. The summed E-state index contributed by atoms with van der Waals surface area (Å²) in [6.45, 7) is 8.50. The molecule has 0 bridgehead atoms. The first-order valence-electron chi connectivity index (χ1n) is 6.73. The lowest BCUT2D eigenvalue weighted by atomic mass is 10.3. The molecular weight excluding hydrogens is 226 g/mol. The molecule has 1 fully saturated rings. The van der Waals surface area contributed by atoms with Gasteiger partial charge in [-0.05, 0) is 12.1 Å². The molecule has 0 atom stereocenters. The average molecular weight is 247 g/mol. The summed E-state index contributed by atoms with van der Waals surface area (Å²) in [4.78, 5) is 5.10. The molecule has 1 saturated heterocycles. The van der Waals surface area contributed by atoms with Crippen molar-refractivity contribution in [2.45, 2.75) is 13.5 Å². The number of aromatic nitrogens is 2. The van der Waals surface area contributed by atoms with Crippen LogP contribution in [0.5, 0.6) is 0 Å². The molecule has 1 aliphatic heterocycles. The van der Waals surface area contributed by atoms with E-state index in [-0.39, 0.29) is 0 Å². The third-order valence-electron chi connectivity index (χ3n) is 3.80. The molecule has 0 saturated carbocycles. The van der Waals surface area contributed by atoms with Crippen LogP contribution in [0.3, 0.4) is 0 Å². The summed E-state index contributed by atoms with van der Waals surface area (Å²) in [7, 11) is 0. The number of aromatic amines is 1. The van der Waals surface area contributed by atoms with Gasteiger partial charge >= 0.3 is 0 Å². The lowest BCUT2D eigenvalue weighted by Gasteiger charge is -2.23. The van der Waals surface area contributed by atoms with E-state index in [2.05, 4.69) is 40.7 Å². The topological polar surface area (TPSA) is 33.3 Å². The molecule has 1 aliphatic rings. The molecule has 4 nitrogen and oxygen atoms in total. The van der Waals surface area contributed by atoms with Crippen molar-refractivity contribution in [1.29, 1.82) is 0 Å². The van der Waals surface area contributed by atoms with Gasteiger partial charge in [-0.3, -0.25) is 0 Å². The fourth-order valence-corrected chi connectivity index (χ4v) is 2.73. The van der Waals surface area contributed by atoms with Crippen LogP contribution in [0, 0.1) is 6.92 Å². The summed E-state index contributed by atoms with van der Waals surface area (Å²) in [6.07, 6.45) is 0. The van der Waals surface area contributed by atoms with Crippen molar-refractivity contribution in [3.63, 3.8) is 0 Å². The number of hydrogen-bond acceptors (Lipinski definition) is 1. The van der Waals surface area contributed by atoms with E-state index in [1.807, 2.05) is 0 Å². The Bertz CT molecular complexity index is 529. The van der Waals surface area contributed by atoms with Crippen molar-refractivity contribution >= 4 is 11.0 Å². The minimum absolute atomic E-state index is 0.910. The molecule has 18 heavy (non-hydrogen) atoms. The van der Waals surface area contributed by atoms with Crippen LogP contribution in [-0.2, 0) is 11.3 Å². The van der Waals surface area contributed by atoms with Crippen LogP contribution in [0.2, 0.25) is 0 Å². The fraction of sp³-hybridized carbons (Fsp3) is 0.500. The molecule has 0 amide bonds. The van der Waals surface area contributed by atoms with Gasteiger partial charge in [0.05, 0.1) is 13.2 Å². The Morgan fingerprint density at radius 1 is 1.28 bits per heavy atom. The summed E-state index contributed by atoms with van der Waals surface area (Å²) in [5.41, 5.74) is 2.54. The van der Waals surface area contributed by atoms with Gasteiger partial charge in [0.1, 0.15) is 26.2 Å². The summed E-state index contributed by atoms with van der Waals surface area (Å²) in [5.74, 6) is 1.24. The molecule has 96 valence electrons. The van der Waals surface area contributed by atoms with Crippen molar-refractivity contribution in [2.24, 2.45) is 0 Å². The number of benzene rings is 1. The van der Waals surface area contributed by atoms with Gasteiger partial charge in [-0.2, -0.15) is 0 Å². The largest absolute Gasteiger partial charge is 0.370 e. The lowest BCUT2D eigenvalue weighted by molar-refractivity contribution is -0.924. The van der Waals surface area contributed by atoms with Gasteiger partial charge in [0, 0.05) is 6.92 Å². The van der Waals surface area contributed by atoms with Crippen LogP contribution in [0.1, 0.15) is 5.82 Å². The number of ether oxygens (including phenoxy) is 1. The Kier molecular flexibility index (Phi) is 3.30. The number of nitrogens with one attached hydrogen (secondary N) is 2. The number of aryl methyl sites for hydroxylation is 1. The summed E-state index contributed by atoms with van der Waals surface area (Å²) in [5, 5.41) is 0. The second-order valence-corrected chi connectivity index (χ2v) is 4.99. The van der Waals surface area contributed by atoms with Crippen LogP contribution >= 0.6 is 0 Å². The van der Waals surface area contributed by atoms with Crippen LogP contribution in [0.25, 0.3) is 11.0 Å². The minimum atomic E-state index is 0.910. The third kappa shape index (κ3) is 2.26. The number of nitrogens with zero attached hydrogens (tertiary/aromatic N) is 1. The molecule has 0 aliphatic carbocycles. The second-order valence-electron chi connectivity index (χ2n) is 4.99. The number of imidazole rings is 1. The van der Waals surface area contributed by atoms with Gasteiger partial charge < -0.3 is 9.64 Å². The first-order valence-corrected chi connectivity index (χ1v) is 6.73. The van der Waals surface area contributed by atoms with E-state index in [0.717, 1.165) is 32.8 Å². The Balaban J connectivity index is 1.75. The highest BCUT2D eigenvalue weighted by Crippen LogP contribution is 2.07. The van der Waals surface area contributed by atoms with Gasteiger partial charge in [0.25, 0.3) is 5.82 Å². The number of rotatable bonds is 3. The maximum Gasteiger partial charge on any atom is 0.252 e. The lowest BCUT2D eigenvalue weighted by Crippen LogP contribution is -3.14. The normalized spacial score (nSPS) is 17.4. The Hall–Kier alpha value is -1.39. The van der Waals surface area contributed by atoms with Crippen molar-refractivity contribution < 1.29 is 14.2 Å². The molecular formula is C14H21N3O+2. The molecule has 3 rings (SSSR count). The van der Waals surface area contributed by atoms with E-state index < -0.39 is 0 Å². The van der Waals surface area contributed by atoms with E-state index in [1.54, 1.807) is 4.90 Å². The molecule has 0 unspecified atom stereocenters. The van der Waals surface area contributed by atoms with Crippen molar-refractivity contribution in [1.82, 2.24) is 4.98 Å². The molecule has 4 heteroatoms. The van der Waals surface area contributed by atoms with Crippen molar-refractivity contribution in [2.75, 3.05) is 32.8 Å². The van der Waals surface area contributed by atoms with E-state index in [9.17, 15) is 0 Å². The highest BCUT2D eigenvalue weighted by molar-refractivity contribution is 5.70. The fourth-order valence-electron chi connectivity index (χ4n) is 2.73. The average Bonchev–Trinajstić information content (AvgIpc) is 2.73. The maximum absolute atomic E-state index is 5.40. The smallest absolute Gasteiger partial charge is 0.252 e. The molecule has 2 aromatic rings. The predicted octanol–water partition coefficient (Wildman–Crippen LogP) is -0.321. The zero-order valence-corrected chi connectivity index (χ0v) is 10.9. The van der Waals surface area contributed by atoms with Gasteiger partial charge in [0.15, 0.2) is 11.0 Å². The maximum atomic E-state index is 5.40. The van der Waals surface area contributed by atoms with E-state index in [4.69, 9.17) is 4.74 Å². The monoisotopic (exact) mass is 247 g/mol. The molecule has 0 radical (unpaired) electrons. The number of H-pyrrole nitrogens is 1. The second kappa shape index (κ2) is 5.08. The van der Waals surface area contributed by atoms with Crippen molar-refractivity contribution in [3.8, 4) is 0 Å². The van der Waals surface area contributed by atoms with Crippen LogP contribution in [0.15, 0.2) is 24.3 Å². The molecule has 2 N–H and O–H groups in total. The van der Waals surface area contributed by atoms with E-state index in [1.165, 1.54) is 23.4 Å². The Morgan fingerprint density at radius 2 is 2.06 bits per heavy atom. The molecule has 1 aromatic heterocycles. The highest BCUT2D eigenvalue weighted by atomic mass is 16.5. The van der Waals surface area contributed by atoms with E-state index >= 15 is 0 Å². The van der Waals surface area contributed by atoms with Crippen LogP contribution in [0.4, 0.5) is 0 Å². The van der Waals surface area contributed by atoms with E-state index in [0.29, 0.717) is 0 Å². The zero-order valence-electron chi connectivity index (χ0n) is 10.9. The minimum Gasteiger partial charge on any atom is -0.370 e. The first-order chi connectivity index (χ1) is 8.84. The number of morpholine rings is 1. The summed E-state index contributed by atoms with van der Waals surface area (Å²) < 4.78 is 7.78. The Labute approximate surface area is 107 Å². The molecule has 1 aromatic carbocycles. The standard InChI is InChI=1S/C14H19N3O/c1-12-15-13-4-2-3-5-14(13)17(12)7-6-16-8-10-18-11-9-16/h2-5H,6-11H2,1H3/p+2. The quantitative estimate of drug-likeness (QED) is 0.716. The summed E-state index contributed by atoms with van der Waals surface area (Å²) in [6, 6.07) is 8.51. The van der Waals surface area contributed by atoms with Gasteiger partial charge in [-0.25, -0.2) is 9.55 Å². The highest BCUT2D eigenvalue weighted by Gasteiger charge is 2.18. The SMILES string of the molecule is Cc1[nH]c2ccccc2[n+]1CC[NH+]1CCOCC1. The van der Waals surface area contributed by atoms with Gasteiger partial charge in [-0.1, -0.05) is 12.1 Å². The number of para-hydroxylation sites is 2. The Morgan fingerprint density at radius 3 is 2.89 bits per heavy atom. The van der Waals surface area contributed by atoms with Crippen molar-refractivity contribution in [3.05, 3.63) is 30.1 Å². The molecule has 0 spiro atoms. The number of quaternary nitrogens is 1. The van der Waals surface area contributed by atoms with Gasteiger partial charge in [-0.15, -0.1) is 0 Å². The van der Waals surface area contributed by atoms with Crippen LogP contribution < -0.4 is 9.47 Å².